The summed E-state index contributed by atoms with van der Waals surface area (Å²) in [6.07, 6.45) is 1.68. The molecule has 17 heavy (non-hydrogen) atoms. The monoisotopic (exact) mass is 250 g/mol. The fraction of sp³-hybridized carbons (Fsp3) is 0.333. The zero-order valence-corrected chi connectivity index (χ0v) is 10.6. The summed E-state index contributed by atoms with van der Waals surface area (Å²) in [7, 11) is 0. The van der Waals surface area contributed by atoms with Gasteiger partial charge in [-0.2, -0.15) is 0 Å². The number of hydrogen-bond acceptors (Lipinski definition) is 5. The average Bonchev–Trinajstić information content (AvgIpc) is 2.64. The first-order valence-corrected chi connectivity index (χ1v) is 6.21. The molecule has 0 radical (unpaired) electrons. The lowest BCUT2D eigenvalue weighted by atomic mass is 10.2. The number of esters is 1. The summed E-state index contributed by atoms with van der Waals surface area (Å²) >= 11 is 1.27. The van der Waals surface area contributed by atoms with Crippen LogP contribution in [0.3, 0.4) is 0 Å². The Morgan fingerprint density at radius 1 is 1.59 bits per heavy atom. The number of nitrogen functional groups attached to an aromatic ring is 1. The van der Waals surface area contributed by atoms with Crippen LogP contribution in [-0.2, 0) is 4.74 Å². The van der Waals surface area contributed by atoms with Gasteiger partial charge in [-0.3, -0.25) is 0 Å². The summed E-state index contributed by atoms with van der Waals surface area (Å²) in [5.41, 5.74) is 6.38. The Hall–Kier alpha value is -1.62. The highest BCUT2D eigenvalue weighted by Crippen LogP contribution is 2.32. The van der Waals surface area contributed by atoms with E-state index in [-0.39, 0.29) is 5.97 Å². The molecule has 0 aliphatic rings. The second-order valence-corrected chi connectivity index (χ2v) is 5.19. The minimum atomic E-state index is -0.362. The maximum atomic E-state index is 11.8. The van der Waals surface area contributed by atoms with Gasteiger partial charge in [0.2, 0.25) is 0 Å². The fourth-order valence-electron chi connectivity index (χ4n) is 1.41. The van der Waals surface area contributed by atoms with Crippen LogP contribution in [0.2, 0.25) is 0 Å². The third kappa shape index (κ3) is 2.39. The molecule has 0 spiro atoms. The van der Waals surface area contributed by atoms with E-state index in [4.69, 9.17) is 10.5 Å². The molecule has 2 aromatic heterocycles. The van der Waals surface area contributed by atoms with Crippen molar-refractivity contribution in [2.24, 2.45) is 5.92 Å². The number of fused-ring (bicyclic) bond motifs is 1. The van der Waals surface area contributed by atoms with Gasteiger partial charge in [-0.05, 0) is 18.1 Å². The van der Waals surface area contributed by atoms with Gasteiger partial charge >= 0.3 is 5.97 Å². The highest BCUT2D eigenvalue weighted by Gasteiger charge is 2.18. The molecule has 0 aliphatic heterocycles. The van der Waals surface area contributed by atoms with Gasteiger partial charge in [0, 0.05) is 11.6 Å². The van der Waals surface area contributed by atoms with Gasteiger partial charge in [-0.25, -0.2) is 9.78 Å². The molecule has 0 saturated carbocycles. The number of nitrogens with zero attached hydrogens (tertiary/aromatic N) is 1. The molecule has 0 fully saturated rings. The Balaban J connectivity index is 2.29. The SMILES string of the molecule is CC(C)COC(=O)c1sc2ncccc2c1N. The number of rotatable bonds is 3. The lowest BCUT2D eigenvalue weighted by Gasteiger charge is -2.05. The summed E-state index contributed by atoms with van der Waals surface area (Å²) < 4.78 is 5.16. The number of anilines is 1. The summed E-state index contributed by atoms with van der Waals surface area (Å²) in [6.45, 7) is 4.38. The minimum absolute atomic E-state index is 0.313. The molecular formula is C12H14N2O2S. The molecule has 2 aromatic rings. The van der Waals surface area contributed by atoms with E-state index in [2.05, 4.69) is 4.98 Å². The maximum absolute atomic E-state index is 11.8. The van der Waals surface area contributed by atoms with E-state index in [9.17, 15) is 4.79 Å². The van der Waals surface area contributed by atoms with Crippen LogP contribution >= 0.6 is 11.3 Å². The van der Waals surface area contributed by atoms with Crippen molar-refractivity contribution >= 4 is 33.2 Å². The number of thiophene rings is 1. The Labute approximate surface area is 103 Å². The Kier molecular flexibility index (Phi) is 3.28. The molecule has 4 nitrogen and oxygen atoms in total. The minimum Gasteiger partial charge on any atom is -0.461 e. The predicted octanol–water partition coefficient (Wildman–Crippen LogP) is 2.69. The Morgan fingerprint density at radius 2 is 2.35 bits per heavy atom. The van der Waals surface area contributed by atoms with E-state index in [0.29, 0.717) is 23.1 Å². The van der Waals surface area contributed by atoms with Crippen LogP contribution in [0.5, 0.6) is 0 Å². The molecule has 2 heterocycles. The predicted molar refractivity (Wildman–Crippen MR) is 69.2 cm³/mol. The van der Waals surface area contributed by atoms with E-state index in [1.165, 1.54) is 11.3 Å². The Bertz CT molecular complexity index is 548. The number of ether oxygens (including phenoxy) is 1. The quantitative estimate of drug-likeness (QED) is 0.850. The summed E-state index contributed by atoms with van der Waals surface area (Å²) in [5, 5.41) is 0.814. The molecule has 5 heteroatoms. The first-order chi connectivity index (χ1) is 8.09. The van der Waals surface area contributed by atoms with E-state index >= 15 is 0 Å². The summed E-state index contributed by atoms with van der Waals surface area (Å²) in [4.78, 5) is 17.2. The second kappa shape index (κ2) is 4.71. The third-order valence-electron chi connectivity index (χ3n) is 2.24. The van der Waals surface area contributed by atoms with Crippen molar-refractivity contribution in [3.8, 4) is 0 Å². The van der Waals surface area contributed by atoms with Crippen molar-refractivity contribution in [2.45, 2.75) is 13.8 Å². The first kappa shape index (κ1) is 11.9. The normalized spacial score (nSPS) is 11.0. The van der Waals surface area contributed by atoms with Gasteiger partial charge in [0.1, 0.15) is 9.71 Å². The van der Waals surface area contributed by atoms with Gasteiger partial charge in [-0.1, -0.05) is 13.8 Å². The van der Waals surface area contributed by atoms with Gasteiger partial charge in [0.05, 0.1) is 12.3 Å². The number of hydrogen-bond donors (Lipinski definition) is 1. The van der Waals surface area contributed by atoms with Gasteiger partial charge in [-0.15, -0.1) is 11.3 Å². The van der Waals surface area contributed by atoms with Crippen molar-refractivity contribution in [3.63, 3.8) is 0 Å². The number of carbonyl (C=O) groups is 1. The van der Waals surface area contributed by atoms with Crippen LogP contribution in [0.4, 0.5) is 5.69 Å². The summed E-state index contributed by atoms with van der Waals surface area (Å²) in [5.74, 6) is -0.0492. The smallest absolute Gasteiger partial charge is 0.350 e. The van der Waals surface area contributed by atoms with Crippen LogP contribution in [0.1, 0.15) is 23.5 Å². The van der Waals surface area contributed by atoms with Gasteiger partial charge in [0.15, 0.2) is 0 Å². The van der Waals surface area contributed by atoms with Crippen LogP contribution < -0.4 is 5.73 Å². The molecule has 0 bridgehead atoms. The van der Waals surface area contributed by atoms with Crippen molar-refractivity contribution in [1.29, 1.82) is 0 Å². The third-order valence-corrected chi connectivity index (χ3v) is 3.35. The molecule has 0 aromatic carbocycles. The lowest BCUT2D eigenvalue weighted by Crippen LogP contribution is -2.10. The van der Waals surface area contributed by atoms with Crippen LogP contribution in [0, 0.1) is 5.92 Å². The zero-order chi connectivity index (χ0) is 12.4. The lowest BCUT2D eigenvalue weighted by molar-refractivity contribution is 0.0466. The molecular weight excluding hydrogens is 236 g/mol. The molecule has 2 rings (SSSR count). The molecule has 0 atom stereocenters. The van der Waals surface area contributed by atoms with Crippen LogP contribution in [-0.4, -0.2) is 17.6 Å². The highest BCUT2D eigenvalue weighted by atomic mass is 32.1. The Morgan fingerprint density at radius 3 is 3.00 bits per heavy atom. The molecule has 2 N–H and O–H groups in total. The van der Waals surface area contributed by atoms with Crippen molar-refractivity contribution < 1.29 is 9.53 Å². The number of nitrogens with two attached hydrogens (primary N) is 1. The van der Waals surface area contributed by atoms with Crippen molar-refractivity contribution in [2.75, 3.05) is 12.3 Å². The van der Waals surface area contributed by atoms with Crippen molar-refractivity contribution in [1.82, 2.24) is 4.98 Å². The first-order valence-electron chi connectivity index (χ1n) is 5.39. The van der Waals surface area contributed by atoms with Gasteiger partial charge in [0.25, 0.3) is 0 Å². The number of pyridine rings is 1. The molecule has 0 amide bonds. The largest absolute Gasteiger partial charge is 0.461 e. The standard InChI is InChI=1S/C12H14N2O2S/c1-7(2)6-16-12(15)10-9(13)8-4-3-5-14-11(8)17-10/h3-5,7H,6,13H2,1-2H3. The second-order valence-electron chi connectivity index (χ2n) is 4.19. The fourth-order valence-corrected chi connectivity index (χ4v) is 2.37. The zero-order valence-electron chi connectivity index (χ0n) is 9.77. The van der Waals surface area contributed by atoms with E-state index < -0.39 is 0 Å². The maximum Gasteiger partial charge on any atom is 0.350 e. The highest BCUT2D eigenvalue weighted by molar-refractivity contribution is 7.21. The average molecular weight is 250 g/mol. The molecule has 0 aliphatic carbocycles. The van der Waals surface area contributed by atoms with Crippen LogP contribution in [0.25, 0.3) is 10.2 Å². The van der Waals surface area contributed by atoms with Gasteiger partial charge < -0.3 is 10.5 Å². The molecule has 90 valence electrons. The molecule has 0 saturated heterocycles. The molecule has 0 unspecified atom stereocenters. The van der Waals surface area contributed by atoms with E-state index in [1.54, 1.807) is 12.3 Å². The topological polar surface area (TPSA) is 65.2 Å². The van der Waals surface area contributed by atoms with E-state index in [0.717, 1.165) is 10.2 Å². The number of carbonyl (C=O) groups excluding carboxylic acids is 1. The number of aromatic nitrogens is 1. The van der Waals surface area contributed by atoms with Crippen LogP contribution in [0.15, 0.2) is 18.3 Å². The van der Waals surface area contributed by atoms with Crippen molar-refractivity contribution in [3.05, 3.63) is 23.2 Å². The van der Waals surface area contributed by atoms with E-state index in [1.807, 2.05) is 19.9 Å². The summed E-state index contributed by atoms with van der Waals surface area (Å²) in [6, 6.07) is 3.65.